The Morgan fingerprint density at radius 3 is 2.79 bits per heavy atom. The largest absolute Gasteiger partial charge is 0.383 e. The molecule has 0 bridgehead atoms. The standard InChI is InChI=1S/C26H29ClN6S/c27-26-31-23(28)22-21(25-30-19(15-34-25)11-16-5-2-1-3-6-16)14-33(24(22)32-26)20-9-8-17(12-20)18-7-4-10-29-13-18/h1-3,5-6,14-15,17-18,20,29H,4,7-13H2,(H2,28,31,32). The summed E-state index contributed by atoms with van der Waals surface area (Å²) in [5.41, 5.74) is 10.6. The van der Waals surface area contributed by atoms with Crippen LogP contribution in [0.4, 0.5) is 5.82 Å². The van der Waals surface area contributed by atoms with Crippen LogP contribution in [0.3, 0.4) is 0 Å². The molecule has 8 heteroatoms. The third-order valence-electron chi connectivity index (χ3n) is 7.52. The van der Waals surface area contributed by atoms with Crippen LogP contribution >= 0.6 is 22.9 Å². The third kappa shape index (κ3) is 4.21. The third-order valence-corrected chi connectivity index (χ3v) is 8.62. The van der Waals surface area contributed by atoms with Crippen molar-refractivity contribution in [1.29, 1.82) is 0 Å². The second-order valence-electron chi connectivity index (χ2n) is 9.67. The van der Waals surface area contributed by atoms with Crippen molar-refractivity contribution in [3.63, 3.8) is 0 Å². The minimum absolute atomic E-state index is 0.200. The molecule has 1 saturated carbocycles. The Morgan fingerprint density at radius 1 is 1.09 bits per heavy atom. The van der Waals surface area contributed by atoms with E-state index in [-0.39, 0.29) is 5.28 Å². The molecule has 3 aromatic heterocycles. The lowest BCUT2D eigenvalue weighted by Gasteiger charge is -2.28. The quantitative estimate of drug-likeness (QED) is 0.348. The molecular weight excluding hydrogens is 464 g/mol. The summed E-state index contributed by atoms with van der Waals surface area (Å²) >= 11 is 7.92. The molecule has 6 nitrogen and oxygen atoms in total. The first kappa shape index (κ1) is 22.0. The summed E-state index contributed by atoms with van der Waals surface area (Å²) in [4.78, 5) is 13.9. The number of nitrogen functional groups attached to an aromatic ring is 1. The molecule has 0 amide bonds. The highest BCUT2D eigenvalue weighted by atomic mass is 35.5. The van der Waals surface area contributed by atoms with Gasteiger partial charge in [0.15, 0.2) is 0 Å². The van der Waals surface area contributed by atoms with Crippen molar-refractivity contribution in [3.05, 3.63) is 58.4 Å². The van der Waals surface area contributed by atoms with E-state index in [1.165, 1.54) is 31.2 Å². The van der Waals surface area contributed by atoms with E-state index in [0.29, 0.717) is 11.9 Å². The Balaban J connectivity index is 1.34. The number of anilines is 1. The first-order valence-corrected chi connectivity index (χ1v) is 13.4. The van der Waals surface area contributed by atoms with E-state index in [9.17, 15) is 0 Å². The van der Waals surface area contributed by atoms with Crippen LogP contribution in [0, 0.1) is 11.8 Å². The van der Waals surface area contributed by atoms with Crippen molar-refractivity contribution in [3.8, 4) is 10.6 Å². The number of nitrogens with zero attached hydrogens (tertiary/aromatic N) is 4. The maximum absolute atomic E-state index is 6.40. The predicted molar refractivity (Wildman–Crippen MR) is 139 cm³/mol. The number of aromatic nitrogens is 4. The van der Waals surface area contributed by atoms with Crippen LogP contribution in [0.2, 0.25) is 5.28 Å². The highest BCUT2D eigenvalue weighted by molar-refractivity contribution is 7.13. The number of hydrogen-bond acceptors (Lipinski definition) is 6. The van der Waals surface area contributed by atoms with Crippen molar-refractivity contribution < 1.29 is 0 Å². The smallest absolute Gasteiger partial charge is 0.226 e. The minimum atomic E-state index is 0.200. The van der Waals surface area contributed by atoms with Crippen molar-refractivity contribution in [1.82, 2.24) is 24.8 Å². The maximum atomic E-state index is 6.40. The van der Waals surface area contributed by atoms with E-state index < -0.39 is 0 Å². The van der Waals surface area contributed by atoms with Gasteiger partial charge in [-0.25, -0.2) is 9.97 Å². The number of nitrogens with one attached hydrogen (secondary N) is 1. The molecule has 1 saturated heterocycles. The highest BCUT2D eigenvalue weighted by Crippen LogP contribution is 2.44. The molecule has 34 heavy (non-hydrogen) atoms. The van der Waals surface area contributed by atoms with Crippen LogP contribution in [0.5, 0.6) is 0 Å². The van der Waals surface area contributed by atoms with Gasteiger partial charge in [-0.05, 0) is 74.2 Å². The average molecular weight is 493 g/mol. The molecule has 176 valence electrons. The lowest BCUT2D eigenvalue weighted by atomic mass is 9.85. The second kappa shape index (κ2) is 9.29. The van der Waals surface area contributed by atoms with E-state index in [0.717, 1.165) is 65.1 Å². The number of thiazole rings is 1. The molecule has 4 aromatic rings. The van der Waals surface area contributed by atoms with Gasteiger partial charge in [0.1, 0.15) is 16.5 Å². The van der Waals surface area contributed by atoms with Crippen molar-refractivity contribution in [2.24, 2.45) is 11.8 Å². The molecule has 3 atom stereocenters. The fraction of sp³-hybridized carbons (Fsp3) is 0.423. The highest BCUT2D eigenvalue weighted by Gasteiger charge is 2.34. The molecule has 3 unspecified atom stereocenters. The van der Waals surface area contributed by atoms with Gasteiger partial charge in [-0.3, -0.25) is 0 Å². The van der Waals surface area contributed by atoms with Crippen molar-refractivity contribution in [2.45, 2.75) is 44.6 Å². The van der Waals surface area contributed by atoms with Crippen LogP contribution < -0.4 is 11.1 Å². The monoisotopic (exact) mass is 492 g/mol. The first-order chi connectivity index (χ1) is 16.7. The number of nitrogens with two attached hydrogens (primary N) is 1. The van der Waals surface area contributed by atoms with Gasteiger partial charge < -0.3 is 15.6 Å². The van der Waals surface area contributed by atoms with E-state index in [1.807, 2.05) is 6.07 Å². The molecule has 2 fully saturated rings. The first-order valence-electron chi connectivity index (χ1n) is 12.2. The Kier molecular flexibility index (Phi) is 6.01. The van der Waals surface area contributed by atoms with E-state index in [1.54, 1.807) is 11.3 Å². The van der Waals surface area contributed by atoms with E-state index in [4.69, 9.17) is 22.3 Å². The number of fused-ring (bicyclic) bond motifs is 1. The lowest BCUT2D eigenvalue weighted by molar-refractivity contribution is 0.262. The molecule has 2 aliphatic rings. The van der Waals surface area contributed by atoms with Gasteiger partial charge >= 0.3 is 0 Å². The van der Waals surface area contributed by atoms with Crippen LogP contribution in [0.15, 0.2) is 41.9 Å². The zero-order chi connectivity index (χ0) is 23.1. The number of hydrogen-bond donors (Lipinski definition) is 2. The zero-order valence-corrected chi connectivity index (χ0v) is 20.7. The summed E-state index contributed by atoms with van der Waals surface area (Å²) in [7, 11) is 0. The molecular formula is C26H29ClN6S. The van der Waals surface area contributed by atoms with Crippen LogP contribution in [-0.2, 0) is 6.42 Å². The van der Waals surface area contributed by atoms with E-state index >= 15 is 0 Å². The van der Waals surface area contributed by atoms with Gasteiger partial charge in [0, 0.05) is 29.6 Å². The van der Waals surface area contributed by atoms with E-state index in [2.05, 4.69) is 55.7 Å². The Labute approximate surface area is 208 Å². The van der Waals surface area contributed by atoms with Gasteiger partial charge in [-0.2, -0.15) is 4.98 Å². The number of benzene rings is 1. The number of piperidine rings is 1. The minimum Gasteiger partial charge on any atom is -0.383 e. The number of rotatable bonds is 5. The summed E-state index contributed by atoms with van der Waals surface area (Å²) in [6.07, 6.45) is 9.23. The van der Waals surface area contributed by atoms with Crippen molar-refractivity contribution >= 4 is 39.8 Å². The molecule has 0 spiro atoms. The summed E-state index contributed by atoms with van der Waals surface area (Å²) in [6.45, 7) is 2.31. The zero-order valence-electron chi connectivity index (χ0n) is 19.1. The molecule has 1 aromatic carbocycles. The van der Waals surface area contributed by atoms with Crippen molar-refractivity contribution in [2.75, 3.05) is 18.8 Å². The fourth-order valence-electron chi connectivity index (χ4n) is 5.86. The summed E-state index contributed by atoms with van der Waals surface area (Å²) in [6, 6.07) is 10.8. The molecule has 3 N–H and O–H groups in total. The van der Waals surface area contributed by atoms with Gasteiger partial charge in [-0.1, -0.05) is 30.3 Å². The van der Waals surface area contributed by atoms with Gasteiger partial charge in [0.25, 0.3) is 0 Å². The fourth-order valence-corrected chi connectivity index (χ4v) is 6.87. The Hall–Kier alpha value is -2.48. The Morgan fingerprint density at radius 2 is 1.97 bits per heavy atom. The summed E-state index contributed by atoms with van der Waals surface area (Å²) in [5, 5.41) is 7.75. The number of halogens is 1. The molecule has 4 heterocycles. The molecule has 1 aliphatic heterocycles. The summed E-state index contributed by atoms with van der Waals surface area (Å²) < 4.78 is 2.31. The van der Waals surface area contributed by atoms with Gasteiger partial charge in [0.05, 0.1) is 11.1 Å². The average Bonchev–Trinajstić information content (AvgIpc) is 3.59. The molecule has 6 rings (SSSR count). The van der Waals surface area contributed by atoms with Gasteiger partial charge in [0.2, 0.25) is 5.28 Å². The Bertz CT molecular complexity index is 1290. The SMILES string of the molecule is Nc1nc(Cl)nc2c1c(-c1nc(Cc3ccccc3)cs1)cn2C1CCC(C2CCCNC2)C1. The normalized spacial score (nSPS) is 23.0. The molecule has 0 radical (unpaired) electrons. The van der Waals surface area contributed by atoms with Crippen LogP contribution in [0.25, 0.3) is 21.6 Å². The molecule has 1 aliphatic carbocycles. The van der Waals surface area contributed by atoms with Crippen LogP contribution in [-0.4, -0.2) is 32.6 Å². The topological polar surface area (TPSA) is 81.7 Å². The lowest BCUT2D eigenvalue weighted by Crippen LogP contribution is -2.33. The second-order valence-corrected chi connectivity index (χ2v) is 10.9. The van der Waals surface area contributed by atoms with Crippen LogP contribution in [0.1, 0.15) is 49.4 Å². The predicted octanol–water partition coefficient (Wildman–Crippen LogP) is 5.72. The van der Waals surface area contributed by atoms with Gasteiger partial charge in [-0.15, -0.1) is 11.3 Å². The summed E-state index contributed by atoms with van der Waals surface area (Å²) in [5.74, 6) is 1.96. The maximum Gasteiger partial charge on any atom is 0.226 e.